The van der Waals surface area contributed by atoms with Gasteiger partial charge in [0.15, 0.2) is 5.75 Å². The summed E-state index contributed by atoms with van der Waals surface area (Å²) >= 11 is 5.52. The number of aromatic hydroxyl groups is 1. The number of benzene rings is 1. The van der Waals surface area contributed by atoms with E-state index in [4.69, 9.17) is 21.6 Å². The second-order valence-corrected chi connectivity index (χ2v) is 3.28. The lowest BCUT2D eigenvalue weighted by molar-refractivity contribution is 0.475. The predicted molar refractivity (Wildman–Crippen MR) is 42.6 cm³/mol. The quantitative estimate of drug-likeness (QED) is 0.660. The molecular weight excluding hydrogens is 186 g/mol. The van der Waals surface area contributed by atoms with Gasteiger partial charge in [-0.25, -0.2) is 0 Å². The van der Waals surface area contributed by atoms with Crippen LogP contribution in [0.2, 0.25) is 5.02 Å². The van der Waals surface area contributed by atoms with Gasteiger partial charge in [-0.3, -0.25) is 0 Å². The van der Waals surface area contributed by atoms with E-state index >= 15 is 0 Å². The first kappa shape index (κ1) is 8.47. The fraction of sp³-hybridized carbons (Fsp3) is 0. The molecule has 0 aliphatic heterocycles. The van der Waals surface area contributed by atoms with E-state index in [1.54, 1.807) is 0 Å². The Bertz CT molecular complexity index is 280. The minimum atomic E-state index is -2.57. The summed E-state index contributed by atoms with van der Waals surface area (Å²) in [5, 5.41) is 9.03. The standard InChI is InChI=1S/C6H4ClO3P/c7-4-2-1-3-5(8)6(4)11(9)10/h1-3H,(H-,8,9,10)/p+1. The number of hydrogen-bond donors (Lipinski definition) is 2. The molecule has 0 aromatic heterocycles. The Morgan fingerprint density at radius 3 is 2.45 bits per heavy atom. The Morgan fingerprint density at radius 1 is 1.45 bits per heavy atom. The van der Waals surface area contributed by atoms with Crippen molar-refractivity contribution in [1.29, 1.82) is 0 Å². The van der Waals surface area contributed by atoms with E-state index in [2.05, 4.69) is 0 Å². The van der Waals surface area contributed by atoms with Gasteiger partial charge >= 0.3 is 8.03 Å². The monoisotopic (exact) mass is 191 g/mol. The molecule has 0 radical (unpaired) electrons. The topological polar surface area (TPSA) is 57.5 Å². The highest BCUT2D eigenvalue weighted by Gasteiger charge is 2.25. The van der Waals surface area contributed by atoms with Crippen molar-refractivity contribution in [2.24, 2.45) is 0 Å². The van der Waals surface area contributed by atoms with E-state index in [9.17, 15) is 4.57 Å². The molecule has 1 atom stereocenters. The molecule has 0 saturated carbocycles. The average molecular weight is 192 g/mol. The first-order chi connectivity index (χ1) is 5.13. The summed E-state index contributed by atoms with van der Waals surface area (Å²) in [6.07, 6.45) is 0. The molecule has 1 rings (SSSR count). The molecule has 0 aliphatic rings. The predicted octanol–water partition coefficient (Wildman–Crippen LogP) is 1.41. The van der Waals surface area contributed by atoms with Crippen molar-refractivity contribution in [3.05, 3.63) is 23.2 Å². The molecule has 0 heterocycles. The largest absolute Gasteiger partial charge is 0.551 e. The van der Waals surface area contributed by atoms with Crippen LogP contribution >= 0.6 is 19.6 Å². The van der Waals surface area contributed by atoms with Crippen LogP contribution in [0.3, 0.4) is 0 Å². The first-order valence-electron chi connectivity index (χ1n) is 2.76. The molecule has 5 heteroatoms. The fourth-order valence-electron chi connectivity index (χ4n) is 0.693. The summed E-state index contributed by atoms with van der Waals surface area (Å²) in [7, 11) is -2.57. The van der Waals surface area contributed by atoms with Crippen LogP contribution in [0.15, 0.2) is 18.2 Å². The minimum Gasteiger partial charge on any atom is -0.504 e. The van der Waals surface area contributed by atoms with Crippen LogP contribution in [-0.2, 0) is 4.57 Å². The minimum absolute atomic E-state index is 0.105. The van der Waals surface area contributed by atoms with Crippen LogP contribution in [0.25, 0.3) is 0 Å². The SMILES string of the molecule is O=[P+](O)c1c(O)cccc1Cl. The third-order valence-electron chi connectivity index (χ3n) is 1.16. The lowest BCUT2D eigenvalue weighted by atomic mass is 10.3. The van der Waals surface area contributed by atoms with Crippen LogP contribution in [0.4, 0.5) is 0 Å². The van der Waals surface area contributed by atoms with E-state index in [1.807, 2.05) is 0 Å². The maximum absolute atomic E-state index is 10.5. The van der Waals surface area contributed by atoms with Gasteiger partial charge in [-0.15, -0.1) is 0 Å². The van der Waals surface area contributed by atoms with Gasteiger partial charge in [0.1, 0.15) is 5.02 Å². The van der Waals surface area contributed by atoms with Gasteiger partial charge in [0.25, 0.3) is 5.30 Å². The summed E-state index contributed by atoms with van der Waals surface area (Å²) in [5.41, 5.74) is 0. The third kappa shape index (κ3) is 1.69. The van der Waals surface area contributed by atoms with Crippen LogP contribution < -0.4 is 5.30 Å². The van der Waals surface area contributed by atoms with Gasteiger partial charge in [-0.05, 0) is 16.7 Å². The Kier molecular flexibility index (Phi) is 2.45. The molecular formula is C6H5ClO3P+. The van der Waals surface area contributed by atoms with Crippen molar-refractivity contribution in [1.82, 2.24) is 0 Å². The second-order valence-electron chi connectivity index (χ2n) is 1.88. The Labute approximate surface area is 69.1 Å². The maximum atomic E-state index is 10.5. The van der Waals surface area contributed by atoms with Crippen LogP contribution in [0.1, 0.15) is 0 Å². The molecule has 0 amide bonds. The third-order valence-corrected chi connectivity index (χ3v) is 2.46. The Morgan fingerprint density at radius 2 is 2.09 bits per heavy atom. The lowest BCUT2D eigenvalue weighted by Crippen LogP contribution is -1.97. The van der Waals surface area contributed by atoms with Crippen molar-refractivity contribution < 1.29 is 14.6 Å². The molecule has 0 fully saturated rings. The molecule has 0 saturated heterocycles. The Hall–Kier alpha value is -0.630. The van der Waals surface area contributed by atoms with Crippen LogP contribution in [-0.4, -0.2) is 10.00 Å². The highest BCUT2D eigenvalue weighted by Crippen LogP contribution is 2.26. The van der Waals surface area contributed by atoms with E-state index in [1.165, 1.54) is 18.2 Å². The average Bonchev–Trinajstić information content (AvgIpc) is 1.85. The smallest absolute Gasteiger partial charge is 0.504 e. The molecule has 11 heavy (non-hydrogen) atoms. The highest BCUT2D eigenvalue weighted by molar-refractivity contribution is 7.48. The van der Waals surface area contributed by atoms with E-state index in [-0.39, 0.29) is 16.1 Å². The van der Waals surface area contributed by atoms with Crippen molar-refractivity contribution >= 4 is 24.9 Å². The number of phenolic OH excluding ortho intramolecular Hbond substituents is 1. The highest BCUT2D eigenvalue weighted by atomic mass is 35.5. The van der Waals surface area contributed by atoms with E-state index in [0.717, 1.165) is 0 Å². The zero-order valence-electron chi connectivity index (χ0n) is 5.36. The molecule has 0 spiro atoms. The first-order valence-corrected chi connectivity index (χ1v) is 4.35. The maximum Gasteiger partial charge on any atom is 0.551 e. The van der Waals surface area contributed by atoms with Crippen molar-refractivity contribution in [3.63, 3.8) is 0 Å². The molecule has 58 valence electrons. The second kappa shape index (κ2) is 3.18. The van der Waals surface area contributed by atoms with Crippen molar-refractivity contribution in [3.8, 4) is 5.75 Å². The van der Waals surface area contributed by atoms with Crippen molar-refractivity contribution in [2.75, 3.05) is 0 Å². The zero-order chi connectivity index (χ0) is 8.43. The van der Waals surface area contributed by atoms with Gasteiger partial charge in [-0.2, -0.15) is 4.89 Å². The summed E-state index contributed by atoms with van der Waals surface area (Å²) in [6, 6.07) is 4.25. The molecule has 2 N–H and O–H groups in total. The summed E-state index contributed by atoms with van der Waals surface area (Å²) in [4.78, 5) is 8.65. The van der Waals surface area contributed by atoms with E-state index < -0.39 is 8.03 Å². The summed E-state index contributed by atoms with van der Waals surface area (Å²) in [5.74, 6) is -0.249. The van der Waals surface area contributed by atoms with Gasteiger partial charge in [0.2, 0.25) is 0 Å². The lowest BCUT2D eigenvalue weighted by Gasteiger charge is -1.91. The van der Waals surface area contributed by atoms with Gasteiger partial charge < -0.3 is 5.11 Å². The van der Waals surface area contributed by atoms with Crippen LogP contribution in [0.5, 0.6) is 5.75 Å². The summed E-state index contributed by atoms with van der Waals surface area (Å²) in [6.45, 7) is 0. The van der Waals surface area contributed by atoms with E-state index in [0.29, 0.717) is 0 Å². The normalized spacial score (nSPS) is 11.3. The number of rotatable bonds is 1. The zero-order valence-corrected chi connectivity index (χ0v) is 7.01. The molecule has 1 aromatic rings. The molecule has 0 bridgehead atoms. The fourth-order valence-corrected chi connectivity index (χ4v) is 1.61. The van der Waals surface area contributed by atoms with Crippen LogP contribution in [0, 0.1) is 0 Å². The summed E-state index contributed by atoms with van der Waals surface area (Å²) < 4.78 is 10.5. The van der Waals surface area contributed by atoms with Gasteiger partial charge in [-0.1, -0.05) is 17.7 Å². The number of phenols is 1. The van der Waals surface area contributed by atoms with Gasteiger partial charge in [0, 0.05) is 0 Å². The van der Waals surface area contributed by atoms with Crippen molar-refractivity contribution in [2.45, 2.75) is 0 Å². The molecule has 0 aliphatic carbocycles. The number of hydrogen-bond acceptors (Lipinski definition) is 2. The molecule has 3 nitrogen and oxygen atoms in total. The van der Waals surface area contributed by atoms with Gasteiger partial charge in [0.05, 0.1) is 0 Å². The molecule has 1 unspecified atom stereocenters. The Balaban J connectivity index is 3.32. The number of halogens is 1. The molecule has 1 aromatic carbocycles.